The third-order valence-corrected chi connectivity index (χ3v) is 3.18. The van der Waals surface area contributed by atoms with E-state index in [2.05, 4.69) is 10.6 Å². The number of nitrogens with one attached hydrogen (secondary N) is 3. The summed E-state index contributed by atoms with van der Waals surface area (Å²) in [6.07, 6.45) is 1.70. The molecular formula is C17H23N3O6. The average Bonchev–Trinajstić information content (AvgIpc) is 2.64. The Morgan fingerprint density at radius 3 is 2.50 bits per heavy atom. The van der Waals surface area contributed by atoms with E-state index in [9.17, 15) is 19.2 Å². The zero-order valence-electron chi connectivity index (χ0n) is 14.8. The lowest BCUT2D eigenvalue weighted by molar-refractivity contribution is -0.147. The monoisotopic (exact) mass is 365 g/mol. The lowest BCUT2D eigenvalue weighted by Crippen LogP contribution is -2.42. The minimum absolute atomic E-state index is 0.268. The van der Waals surface area contributed by atoms with Crippen molar-refractivity contribution in [2.24, 2.45) is 0 Å². The highest BCUT2D eigenvalue weighted by Crippen LogP contribution is 2.16. The van der Waals surface area contributed by atoms with Crippen LogP contribution in [0.25, 0.3) is 0 Å². The van der Waals surface area contributed by atoms with Gasteiger partial charge in [-0.15, -0.1) is 0 Å². The van der Waals surface area contributed by atoms with Crippen molar-refractivity contribution in [3.05, 3.63) is 29.8 Å². The van der Waals surface area contributed by atoms with Crippen molar-refractivity contribution < 1.29 is 28.7 Å². The van der Waals surface area contributed by atoms with Gasteiger partial charge in [-0.1, -0.05) is 25.5 Å². The van der Waals surface area contributed by atoms with Crippen molar-refractivity contribution in [3.63, 3.8) is 0 Å². The van der Waals surface area contributed by atoms with Crippen LogP contribution in [0.2, 0.25) is 0 Å². The molecule has 0 saturated carbocycles. The molecular weight excluding hydrogens is 342 g/mol. The first-order valence-corrected chi connectivity index (χ1v) is 8.12. The number of methoxy groups -OCH3 is 1. The normalized spacial score (nSPS) is 9.77. The van der Waals surface area contributed by atoms with Gasteiger partial charge in [0.2, 0.25) is 0 Å². The predicted molar refractivity (Wildman–Crippen MR) is 92.7 cm³/mol. The molecule has 0 spiro atoms. The summed E-state index contributed by atoms with van der Waals surface area (Å²) in [7, 11) is 1.43. The predicted octanol–water partition coefficient (Wildman–Crippen LogP) is 0.594. The second-order valence-electron chi connectivity index (χ2n) is 5.20. The Balaban J connectivity index is 2.30. The summed E-state index contributed by atoms with van der Waals surface area (Å²) >= 11 is 0. The molecule has 0 aliphatic carbocycles. The van der Waals surface area contributed by atoms with Crippen molar-refractivity contribution in [1.29, 1.82) is 0 Å². The van der Waals surface area contributed by atoms with Gasteiger partial charge in [-0.2, -0.15) is 0 Å². The number of unbranched alkanes of at least 4 members (excludes halogenated alkanes) is 1. The zero-order chi connectivity index (χ0) is 19.4. The van der Waals surface area contributed by atoms with E-state index in [0.717, 1.165) is 12.8 Å². The highest BCUT2D eigenvalue weighted by Gasteiger charge is 2.14. The van der Waals surface area contributed by atoms with Crippen molar-refractivity contribution >= 4 is 23.8 Å². The van der Waals surface area contributed by atoms with Gasteiger partial charge in [0.15, 0.2) is 6.61 Å². The highest BCUT2D eigenvalue weighted by molar-refractivity contribution is 5.98. The number of carbonyl (C=O) groups excluding carboxylic acids is 4. The second-order valence-corrected chi connectivity index (χ2v) is 5.20. The SMILES string of the molecule is CCCCNC(=O)NC(=O)COC(=O)CNC(=O)c1ccccc1OC. The van der Waals surface area contributed by atoms with E-state index in [-0.39, 0.29) is 5.56 Å². The van der Waals surface area contributed by atoms with Crippen LogP contribution in [0.15, 0.2) is 24.3 Å². The maximum atomic E-state index is 12.0. The summed E-state index contributed by atoms with van der Waals surface area (Å²) in [5.74, 6) is -1.72. The van der Waals surface area contributed by atoms with Crippen molar-refractivity contribution in [1.82, 2.24) is 16.0 Å². The van der Waals surface area contributed by atoms with Crippen LogP contribution in [-0.4, -0.2) is 50.6 Å². The van der Waals surface area contributed by atoms with Crippen LogP contribution in [-0.2, 0) is 14.3 Å². The lowest BCUT2D eigenvalue weighted by Gasteiger charge is -2.09. The smallest absolute Gasteiger partial charge is 0.325 e. The summed E-state index contributed by atoms with van der Waals surface area (Å²) in [4.78, 5) is 46.4. The molecule has 0 aliphatic rings. The summed E-state index contributed by atoms with van der Waals surface area (Å²) in [5.41, 5.74) is 0.268. The van der Waals surface area contributed by atoms with Gasteiger partial charge >= 0.3 is 12.0 Å². The molecule has 1 aromatic carbocycles. The van der Waals surface area contributed by atoms with Crippen LogP contribution >= 0.6 is 0 Å². The Hall–Kier alpha value is -3.10. The van der Waals surface area contributed by atoms with E-state index in [0.29, 0.717) is 12.3 Å². The Morgan fingerprint density at radius 1 is 1.08 bits per heavy atom. The maximum Gasteiger partial charge on any atom is 0.325 e. The van der Waals surface area contributed by atoms with E-state index in [1.807, 2.05) is 12.2 Å². The first-order valence-electron chi connectivity index (χ1n) is 8.12. The summed E-state index contributed by atoms with van der Waals surface area (Å²) < 4.78 is 9.75. The van der Waals surface area contributed by atoms with Gasteiger partial charge in [0.05, 0.1) is 12.7 Å². The van der Waals surface area contributed by atoms with Crippen LogP contribution in [0.5, 0.6) is 5.75 Å². The molecule has 0 unspecified atom stereocenters. The van der Waals surface area contributed by atoms with Crippen molar-refractivity contribution in [2.45, 2.75) is 19.8 Å². The molecule has 9 heteroatoms. The number of amides is 4. The number of benzene rings is 1. The number of ether oxygens (including phenoxy) is 2. The molecule has 9 nitrogen and oxygen atoms in total. The molecule has 3 N–H and O–H groups in total. The topological polar surface area (TPSA) is 123 Å². The average molecular weight is 365 g/mol. The molecule has 0 bridgehead atoms. The zero-order valence-corrected chi connectivity index (χ0v) is 14.8. The summed E-state index contributed by atoms with van der Waals surface area (Å²) in [6, 6.07) is 5.88. The fourth-order valence-electron chi connectivity index (χ4n) is 1.86. The summed E-state index contributed by atoms with van der Waals surface area (Å²) in [5, 5.41) is 6.89. The van der Waals surface area contributed by atoms with Gasteiger partial charge in [0.25, 0.3) is 11.8 Å². The molecule has 142 valence electrons. The maximum absolute atomic E-state index is 12.0. The number of urea groups is 1. The molecule has 0 radical (unpaired) electrons. The Morgan fingerprint density at radius 2 is 1.81 bits per heavy atom. The van der Waals surface area contributed by atoms with Crippen LogP contribution in [0.3, 0.4) is 0 Å². The molecule has 0 aromatic heterocycles. The molecule has 1 aromatic rings. The fraction of sp³-hybridized carbons (Fsp3) is 0.412. The van der Waals surface area contributed by atoms with E-state index in [1.165, 1.54) is 7.11 Å². The molecule has 0 atom stereocenters. The lowest BCUT2D eigenvalue weighted by atomic mass is 10.2. The third-order valence-electron chi connectivity index (χ3n) is 3.18. The highest BCUT2D eigenvalue weighted by atomic mass is 16.5. The van der Waals surface area contributed by atoms with Crippen molar-refractivity contribution in [2.75, 3.05) is 26.8 Å². The number of hydrogen-bond donors (Lipinski definition) is 3. The second kappa shape index (κ2) is 11.5. The Labute approximate surface area is 151 Å². The van der Waals surface area contributed by atoms with E-state index in [1.54, 1.807) is 24.3 Å². The van der Waals surface area contributed by atoms with Gasteiger partial charge in [0, 0.05) is 6.54 Å². The summed E-state index contributed by atoms with van der Waals surface area (Å²) in [6.45, 7) is 1.37. The minimum atomic E-state index is -0.810. The molecule has 0 fully saturated rings. The number of para-hydroxylation sites is 1. The molecule has 0 saturated heterocycles. The van der Waals surface area contributed by atoms with E-state index in [4.69, 9.17) is 9.47 Å². The molecule has 26 heavy (non-hydrogen) atoms. The number of hydrogen-bond acceptors (Lipinski definition) is 6. The fourth-order valence-corrected chi connectivity index (χ4v) is 1.86. The first-order chi connectivity index (χ1) is 12.5. The number of imide groups is 1. The molecule has 0 aliphatic heterocycles. The number of carbonyl (C=O) groups is 4. The van der Waals surface area contributed by atoms with Gasteiger partial charge in [-0.3, -0.25) is 19.7 Å². The van der Waals surface area contributed by atoms with Gasteiger partial charge in [0.1, 0.15) is 12.3 Å². The third kappa shape index (κ3) is 7.65. The minimum Gasteiger partial charge on any atom is -0.496 e. The molecule has 1 rings (SSSR count). The molecule has 0 heterocycles. The van der Waals surface area contributed by atoms with E-state index >= 15 is 0 Å². The number of esters is 1. The van der Waals surface area contributed by atoms with E-state index < -0.39 is 37.0 Å². The number of rotatable bonds is 9. The largest absolute Gasteiger partial charge is 0.496 e. The molecule has 4 amide bonds. The first kappa shape index (κ1) is 20.9. The quantitative estimate of drug-likeness (QED) is 0.435. The van der Waals surface area contributed by atoms with Crippen molar-refractivity contribution in [3.8, 4) is 5.75 Å². The van der Waals surface area contributed by atoms with Crippen LogP contribution < -0.4 is 20.7 Å². The van der Waals surface area contributed by atoms with Gasteiger partial charge in [-0.25, -0.2) is 4.79 Å². The Bertz CT molecular complexity index is 647. The standard InChI is InChI=1S/C17H23N3O6/c1-3-4-9-18-17(24)20-14(21)11-26-15(22)10-19-16(23)12-7-5-6-8-13(12)25-2/h5-8H,3-4,9-11H2,1-2H3,(H,19,23)(H2,18,20,21,24). The Kier molecular flexibility index (Phi) is 9.23. The van der Waals surface area contributed by atoms with Crippen LogP contribution in [0, 0.1) is 0 Å². The van der Waals surface area contributed by atoms with Crippen LogP contribution in [0.1, 0.15) is 30.1 Å². The van der Waals surface area contributed by atoms with Gasteiger partial charge in [-0.05, 0) is 18.6 Å². The van der Waals surface area contributed by atoms with Crippen LogP contribution in [0.4, 0.5) is 4.79 Å². The van der Waals surface area contributed by atoms with Gasteiger partial charge < -0.3 is 20.1 Å².